The summed E-state index contributed by atoms with van der Waals surface area (Å²) in [6.07, 6.45) is 5.38. The average molecular weight is 310 g/mol. The van der Waals surface area contributed by atoms with Gasteiger partial charge in [-0.1, -0.05) is 43.2 Å². The van der Waals surface area contributed by atoms with Gasteiger partial charge in [0, 0.05) is 12.6 Å². The lowest BCUT2D eigenvalue weighted by Crippen LogP contribution is -2.42. The molecular weight excluding hydrogens is 288 g/mol. The van der Waals surface area contributed by atoms with Crippen molar-refractivity contribution in [2.45, 2.75) is 38.3 Å². The van der Waals surface area contributed by atoms with Crippen molar-refractivity contribution >= 4 is 15.9 Å². The third-order valence-electron chi connectivity index (χ3n) is 3.71. The average Bonchev–Trinajstić information content (AvgIpc) is 2.91. The second kappa shape index (κ2) is 7.04. The summed E-state index contributed by atoms with van der Waals surface area (Å²) in [6, 6.07) is 9.50. The first-order chi connectivity index (χ1) is 9.95. The van der Waals surface area contributed by atoms with E-state index in [1.807, 2.05) is 30.3 Å². The number of hydrogen-bond donors (Lipinski definition) is 1. The first kappa shape index (κ1) is 16.0. The van der Waals surface area contributed by atoms with Gasteiger partial charge in [-0.2, -0.15) is 4.31 Å². The van der Waals surface area contributed by atoms with Crippen LogP contribution < -0.4 is 5.32 Å². The van der Waals surface area contributed by atoms with Crippen LogP contribution in [-0.2, 0) is 21.4 Å². The Hall–Kier alpha value is -1.40. The minimum atomic E-state index is -3.42. The molecular formula is C15H22N2O3S. The van der Waals surface area contributed by atoms with Crippen LogP contribution in [0.2, 0.25) is 0 Å². The van der Waals surface area contributed by atoms with Crippen LogP contribution in [0.4, 0.5) is 0 Å². The minimum absolute atomic E-state index is 0.121. The maximum Gasteiger partial charge on any atom is 0.235 e. The molecule has 0 radical (unpaired) electrons. The molecule has 0 heterocycles. The fourth-order valence-electron chi connectivity index (χ4n) is 2.58. The molecule has 1 aliphatic rings. The Morgan fingerprint density at radius 1 is 1.24 bits per heavy atom. The van der Waals surface area contributed by atoms with E-state index >= 15 is 0 Å². The van der Waals surface area contributed by atoms with Gasteiger partial charge in [0.2, 0.25) is 15.9 Å². The number of rotatable bonds is 6. The molecule has 2 rings (SSSR count). The Labute approximate surface area is 126 Å². The number of hydrogen-bond acceptors (Lipinski definition) is 3. The molecule has 1 saturated carbocycles. The van der Waals surface area contributed by atoms with E-state index in [-0.39, 0.29) is 25.0 Å². The molecule has 5 nitrogen and oxygen atoms in total. The number of nitrogens with zero attached hydrogens (tertiary/aromatic N) is 1. The first-order valence-corrected chi connectivity index (χ1v) is 9.08. The van der Waals surface area contributed by atoms with E-state index in [0.29, 0.717) is 0 Å². The largest absolute Gasteiger partial charge is 0.352 e. The summed E-state index contributed by atoms with van der Waals surface area (Å²) in [5.41, 5.74) is 0.872. The molecule has 1 fully saturated rings. The topological polar surface area (TPSA) is 66.5 Å². The smallest absolute Gasteiger partial charge is 0.235 e. The van der Waals surface area contributed by atoms with Crippen molar-refractivity contribution in [3.8, 4) is 0 Å². The van der Waals surface area contributed by atoms with Crippen molar-refractivity contribution in [2.24, 2.45) is 0 Å². The van der Waals surface area contributed by atoms with Crippen molar-refractivity contribution in [1.82, 2.24) is 9.62 Å². The fraction of sp³-hybridized carbons (Fsp3) is 0.533. The summed E-state index contributed by atoms with van der Waals surface area (Å²) in [5.74, 6) is -0.219. The van der Waals surface area contributed by atoms with E-state index in [4.69, 9.17) is 0 Å². The summed E-state index contributed by atoms with van der Waals surface area (Å²) in [7, 11) is -3.42. The number of nitrogens with one attached hydrogen (secondary N) is 1. The zero-order valence-corrected chi connectivity index (χ0v) is 13.1. The van der Waals surface area contributed by atoms with Gasteiger partial charge in [0.25, 0.3) is 0 Å². The molecule has 0 saturated heterocycles. The Bertz CT molecular complexity index is 566. The molecule has 0 bridgehead atoms. The van der Waals surface area contributed by atoms with E-state index in [0.717, 1.165) is 37.5 Å². The van der Waals surface area contributed by atoms with Gasteiger partial charge >= 0.3 is 0 Å². The lowest BCUT2D eigenvalue weighted by molar-refractivity contribution is -0.122. The summed E-state index contributed by atoms with van der Waals surface area (Å²) in [6.45, 7) is 0.0992. The van der Waals surface area contributed by atoms with Gasteiger partial charge in [0.15, 0.2) is 0 Å². The Balaban J connectivity index is 1.98. The van der Waals surface area contributed by atoms with Crippen LogP contribution in [0.5, 0.6) is 0 Å². The highest BCUT2D eigenvalue weighted by molar-refractivity contribution is 7.88. The lowest BCUT2D eigenvalue weighted by atomic mass is 10.2. The first-order valence-electron chi connectivity index (χ1n) is 7.23. The number of sulfonamides is 1. The van der Waals surface area contributed by atoms with Crippen LogP contribution in [0.25, 0.3) is 0 Å². The van der Waals surface area contributed by atoms with Crippen LogP contribution >= 0.6 is 0 Å². The van der Waals surface area contributed by atoms with Crippen molar-refractivity contribution in [3.05, 3.63) is 35.9 Å². The molecule has 6 heteroatoms. The van der Waals surface area contributed by atoms with Gasteiger partial charge < -0.3 is 5.32 Å². The zero-order chi connectivity index (χ0) is 15.3. The van der Waals surface area contributed by atoms with Crippen LogP contribution in [0, 0.1) is 0 Å². The monoisotopic (exact) mass is 310 g/mol. The molecule has 1 aromatic carbocycles. The van der Waals surface area contributed by atoms with Gasteiger partial charge in [0.05, 0.1) is 12.8 Å². The number of carbonyl (C=O) groups excluding carboxylic acids is 1. The Morgan fingerprint density at radius 2 is 1.86 bits per heavy atom. The summed E-state index contributed by atoms with van der Waals surface area (Å²) < 4.78 is 24.9. The van der Waals surface area contributed by atoms with E-state index in [2.05, 4.69) is 5.32 Å². The Kier molecular flexibility index (Phi) is 5.36. The third kappa shape index (κ3) is 5.13. The van der Waals surface area contributed by atoms with Crippen molar-refractivity contribution in [2.75, 3.05) is 12.8 Å². The predicted molar refractivity (Wildman–Crippen MR) is 82.1 cm³/mol. The Morgan fingerprint density at radius 3 is 2.43 bits per heavy atom. The number of amides is 1. The van der Waals surface area contributed by atoms with Crippen molar-refractivity contribution in [1.29, 1.82) is 0 Å². The van der Waals surface area contributed by atoms with Gasteiger partial charge in [-0.25, -0.2) is 8.42 Å². The summed E-state index contributed by atoms with van der Waals surface area (Å²) >= 11 is 0. The van der Waals surface area contributed by atoms with Crippen LogP contribution in [0.1, 0.15) is 31.2 Å². The normalized spacial score (nSPS) is 16.3. The summed E-state index contributed by atoms with van der Waals surface area (Å²) in [5, 5.41) is 2.92. The molecule has 1 amide bonds. The molecule has 116 valence electrons. The molecule has 0 aromatic heterocycles. The van der Waals surface area contributed by atoms with Crippen molar-refractivity contribution < 1.29 is 13.2 Å². The molecule has 0 aliphatic heterocycles. The van der Waals surface area contributed by atoms with Gasteiger partial charge in [0.1, 0.15) is 0 Å². The van der Waals surface area contributed by atoms with Crippen molar-refractivity contribution in [3.63, 3.8) is 0 Å². The molecule has 0 spiro atoms. The third-order valence-corrected chi connectivity index (χ3v) is 4.91. The second-order valence-corrected chi connectivity index (χ2v) is 7.55. The molecule has 21 heavy (non-hydrogen) atoms. The van der Waals surface area contributed by atoms with E-state index in [9.17, 15) is 13.2 Å². The summed E-state index contributed by atoms with van der Waals surface area (Å²) in [4.78, 5) is 12.0. The molecule has 1 N–H and O–H groups in total. The number of benzene rings is 1. The van der Waals surface area contributed by atoms with Crippen LogP contribution in [-0.4, -0.2) is 37.5 Å². The second-order valence-electron chi connectivity index (χ2n) is 5.57. The molecule has 0 unspecified atom stereocenters. The van der Waals surface area contributed by atoms with Gasteiger partial charge in [-0.15, -0.1) is 0 Å². The van der Waals surface area contributed by atoms with Gasteiger partial charge in [-0.3, -0.25) is 4.79 Å². The predicted octanol–water partition coefficient (Wildman–Crippen LogP) is 1.51. The molecule has 1 aromatic rings. The zero-order valence-electron chi connectivity index (χ0n) is 12.3. The van der Waals surface area contributed by atoms with E-state index in [1.165, 1.54) is 4.31 Å². The maximum absolute atomic E-state index is 12.0. The fourth-order valence-corrected chi connectivity index (χ4v) is 3.32. The highest BCUT2D eigenvalue weighted by Crippen LogP contribution is 2.17. The minimum Gasteiger partial charge on any atom is -0.352 e. The van der Waals surface area contributed by atoms with E-state index in [1.54, 1.807) is 0 Å². The maximum atomic E-state index is 12.0. The highest BCUT2D eigenvalue weighted by atomic mass is 32.2. The van der Waals surface area contributed by atoms with Crippen LogP contribution in [0.15, 0.2) is 30.3 Å². The molecule has 0 atom stereocenters. The SMILES string of the molecule is CS(=O)(=O)N(CC(=O)NC1CCCC1)Cc1ccccc1. The van der Waals surface area contributed by atoms with E-state index < -0.39 is 10.0 Å². The quantitative estimate of drug-likeness (QED) is 0.866. The van der Waals surface area contributed by atoms with Gasteiger partial charge in [-0.05, 0) is 18.4 Å². The number of carbonyl (C=O) groups is 1. The standard InChI is InChI=1S/C15H22N2O3S/c1-21(19,20)17(11-13-7-3-2-4-8-13)12-15(18)16-14-9-5-6-10-14/h2-4,7-8,14H,5-6,9-12H2,1H3,(H,16,18). The van der Waals surface area contributed by atoms with Crippen LogP contribution in [0.3, 0.4) is 0 Å². The lowest BCUT2D eigenvalue weighted by Gasteiger charge is -2.21. The highest BCUT2D eigenvalue weighted by Gasteiger charge is 2.23. The molecule has 1 aliphatic carbocycles.